The first kappa shape index (κ1) is 16.4. The molecule has 2 nitrogen and oxygen atoms in total. The third-order valence-electron chi connectivity index (χ3n) is 4.12. The van der Waals surface area contributed by atoms with Crippen LogP contribution >= 0.6 is 23.5 Å². The molecule has 1 atom stereocenters. The van der Waals surface area contributed by atoms with E-state index in [2.05, 4.69) is 48.0 Å². The lowest BCUT2D eigenvalue weighted by atomic mass is 9.94. The van der Waals surface area contributed by atoms with Crippen LogP contribution in [-0.2, 0) is 11.2 Å². The molecule has 0 radical (unpaired) electrons. The lowest BCUT2D eigenvalue weighted by Gasteiger charge is -2.12. The maximum Gasteiger partial charge on any atom is 0.233 e. The predicted octanol–water partition coefficient (Wildman–Crippen LogP) is 5.22. The van der Waals surface area contributed by atoms with Crippen molar-refractivity contribution in [3.05, 3.63) is 64.7 Å². The highest BCUT2D eigenvalue weighted by atomic mass is 35.5. The molecule has 3 rings (SSSR count). The summed E-state index contributed by atoms with van der Waals surface area (Å²) >= 11 is 7.35. The topological polar surface area (TPSA) is 29.1 Å². The van der Waals surface area contributed by atoms with E-state index in [1.807, 2.05) is 12.1 Å². The van der Waals surface area contributed by atoms with Gasteiger partial charge in [-0.25, -0.2) is 0 Å². The van der Waals surface area contributed by atoms with Crippen LogP contribution in [0.1, 0.15) is 36.8 Å². The van der Waals surface area contributed by atoms with Gasteiger partial charge in [-0.1, -0.05) is 42.8 Å². The summed E-state index contributed by atoms with van der Waals surface area (Å²) in [4.78, 5) is 12.7. The highest BCUT2D eigenvalue weighted by molar-refractivity contribution is 7.98. The Balaban J connectivity index is 1.54. The van der Waals surface area contributed by atoms with E-state index in [-0.39, 0.29) is 11.8 Å². The Morgan fingerprint density at radius 3 is 2.43 bits per heavy atom. The van der Waals surface area contributed by atoms with E-state index in [4.69, 9.17) is 11.6 Å². The van der Waals surface area contributed by atoms with Crippen molar-refractivity contribution >= 4 is 29.5 Å². The van der Waals surface area contributed by atoms with Crippen LogP contribution in [0.5, 0.6) is 0 Å². The zero-order valence-electron chi connectivity index (χ0n) is 13.1. The Morgan fingerprint density at radius 1 is 1.17 bits per heavy atom. The molecule has 1 saturated carbocycles. The van der Waals surface area contributed by atoms with Crippen molar-refractivity contribution in [1.82, 2.24) is 4.72 Å². The van der Waals surface area contributed by atoms with Crippen molar-refractivity contribution in [3.63, 3.8) is 0 Å². The molecule has 2 aromatic carbocycles. The van der Waals surface area contributed by atoms with E-state index in [9.17, 15) is 4.79 Å². The number of nitrogens with one attached hydrogen (secondary N) is 1. The third-order valence-corrected chi connectivity index (χ3v) is 5.18. The summed E-state index contributed by atoms with van der Waals surface area (Å²) in [5.74, 6) is 0.859. The van der Waals surface area contributed by atoms with Crippen LogP contribution in [0.4, 0.5) is 0 Å². The van der Waals surface area contributed by atoms with Crippen LogP contribution in [0.2, 0.25) is 5.02 Å². The van der Waals surface area contributed by atoms with Crippen molar-refractivity contribution < 1.29 is 4.79 Å². The van der Waals surface area contributed by atoms with Gasteiger partial charge in [0.05, 0.1) is 0 Å². The molecule has 1 fully saturated rings. The van der Waals surface area contributed by atoms with Gasteiger partial charge >= 0.3 is 0 Å². The molecule has 0 aromatic heterocycles. The third kappa shape index (κ3) is 4.76. The van der Waals surface area contributed by atoms with Gasteiger partial charge in [-0.3, -0.25) is 9.52 Å². The Bertz CT molecular complexity index is 665. The van der Waals surface area contributed by atoms with E-state index < -0.39 is 0 Å². The molecule has 0 heterocycles. The van der Waals surface area contributed by atoms with Gasteiger partial charge in [-0.15, -0.1) is 0 Å². The zero-order chi connectivity index (χ0) is 16.2. The Morgan fingerprint density at radius 2 is 1.83 bits per heavy atom. The van der Waals surface area contributed by atoms with Gasteiger partial charge in [0, 0.05) is 15.8 Å². The minimum atomic E-state index is 0.162. The molecule has 2 aromatic rings. The normalized spacial score (nSPS) is 15.2. The lowest BCUT2D eigenvalue weighted by molar-refractivity contribution is -0.120. The maximum atomic E-state index is 11.6. The van der Waals surface area contributed by atoms with Gasteiger partial charge in [-0.05, 0) is 72.5 Å². The first-order valence-electron chi connectivity index (χ1n) is 7.93. The van der Waals surface area contributed by atoms with E-state index in [1.165, 1.54) is 23.1 Å². The Hall–Kier alpha value is -1.45. The second-order valence-electron chi connectivity index (χ2n) is 6.14. The number of halogens is 1. The summed E-state index contributed by atoms with van der Waals surface area (Å²) in [5.41, 5.74) is 2.59. The molecule has 23 heavy (non-hydrogen) atoms. The van der Waals surface area contributed by atoms with Crippen molar-refractivity contribution in [3.8, 4) is 0 Å². The van der Waals surface area contributed by atoms with Crippen LogP contribution in [-0.4, -0.2) is 5.91 Å². The molecule has 0 spiro atoms. The molecule has 1 N–H and O–H groups in total. The van der Waals surface area contributed by atoms with Gasteiger partial charge in [0.2, 0.25) is 5.91 Å². The van der Waals surface area contributed by atoms with Gasteiger partial charge in [0.1, 0.15) is 0 Å². The maximum absolute atomic E-state index is 11.6. The fraction of sp³-hybridized carbons (Fsp3) is 0.316. The second-order valence-corrected chi connectivity index (χ2v) is 7.46. The number of carbonyl (C=O) groups is 1. The minimum Gasteiger partial charge on any atom is -0.296 e. The highest BCUT2D eigenvalue weighted by Gasteiger charge is 2.29. The van der Waals surface area contributed by atoms with Crippen molar-refractivity contribution in [1.29, 1.82) is 0 Å². The number of carbonyl (C=O) groups excluding carboxylic acids is 1. The summed E-state index contributed by atoms with van der Waals surface area (Å²) in [6.45, 7) is 2.22. The average molecular weight is 346 g/mol. The minimum absolute atomic E-state index is 0.162. The number of rotatable bonds is 6. The monoisotopic (exact) mass is 345 g/mol. The van der Waals surface area contributed by atoms with Gasteiger partial charge in [0.25, 0.3) is 0 Å². The van der Waals surface area contributed by atoms with Crippen LogP contribution in [0.3, 0.4) is 0 Å². The molecule has 0 saturated heterocycles. The second kappa shape index (κ2) is 7.41. The molecule has 1 unspecified atom stereocenters. The molecule has 0 bridgehead atoms. The molecule has 1 aliphatic rings. The van der Waals surface area contributed by atoms with Gasteiger partial charge < -0.3 is 0 Å². The standard InChI is InChI=1S/C19H20ClNOS/c1-13(15-6-8-17(20)9-7-15)12-14-2-10-18(11-3-14)23-21-19(22)16-4-5-16/h2-3,6-11,13,16H,4-5,12H2,1H3,(H,21,22). The molecule has 4 heteroatoms. The number of hydrogen-bond donors (Lipinski definition) is 1. The van der Waals surface area contributed by atoms with Crippen molar-refractivity contribution in [2.24, 2.45) is 5.92 Å². The smallest absolute Gasteiger partial charge is 0.233 e. The fourth-order valence-corrected chi connectivity index (χ4v) is 3.28. The van der Waals surface area contributed by atoms with E-state index in [1.54, 1.807) is 0 Å². The molecular weight excluding hydrogens is 326 g/mol. The largest absolute Gasteiger partial charge is 0.296 e. The summed E-state index contributed by atoms with van der Waals surface area (Å²) in [6.07, 6.45) is 3.06. The number of hydrogen-bond acceptors (Lipinski definition) is 2. The molecule has 1 aliphatic carbocycles. The highest BCUT2D eigenvalue weighted by Crippen LogP contribution is 2.30. The zero-order valence-corrected chi connectivity index (χ0v) is 14.7. The summed E-state index contributed by atoms with van der Waals surface area (Å²) in [7, 11) is 0. The fourth-order valence-electron chi connectivity index (χ4n) is 2.49. The summed E-state index contributed by atoms with van der Waals surface area (Å²) in [6, 6.07) is 16.5. The Kier molecular flexibility index (Phi) is 5.29. The number of amides is 1. The molecule has 120 valence electrons. The van der Waals surface area contributed by atoms with E-state index in [0.717, 1.165) is 29.2 Å². The van der Waals surface area contributed by atoms with Crippen LogP contribution < -0.4 is 4.72 Å². The summed E-state index contributed by atoms with van der Waals surface area (Å²) in [5, 5.41) is 0.774. The van der Waals surface area contributed by atoms with Gasteiger partial charge in [-0.2, -0.15) is 0 Å². The lowest BCUT2D eigenvalue weighted by Crippen LogP contribution is -2.16. The van der Waals surface area contributed by atoms with E-state index in [0.29, 0.717) is 5.92 Å². The van der Waals surface area contributed by atoms with Gasteiger partial charge in [0.15, 0.2) is 0 Å². The predicted molar refractivity (Wildman–Crippen MR) is 96.7 cm³/mol. The first-order valence-corrected chi connectivity index (χ1v) is 9.12. The van der Waals surface area contributed by atoms with Crippen LogP contribution in [0.25, 0.3) is 0 Å². The van der Waals surface area contributed by atoms with Crippen LogP contribution in [0, 0.1) is 5.92 Å². The average Bonchev–Trinajstić information content (AvgIpc) is 3.39. The van der Waals surface area contributed by atoms with E-state index >= 15 is 0 Å². The Labute approximate surface area is 146 Å². The quantitative estimate of drug-likeness (QED) is 0.727. The molecule has 1 amide bonds. The van der Waals surface area contributed by atoms with Crippen molar-refractivity contribution in [2.75, 3.05) is 0 Å². The molecule has 0 aliphatic heterocycles. The first-order chi connectivity index (χ1) is 11.1. The molecular formula is C19H20ClNOS. The van der Waals surface area contributed by atoms with Crippen LogP contribution in [0.15, 0.2) is 53.4 Å². The SMILES string of the molecule is CC(Cc1ccc(SNC(=O)C2CC2)cc1)c1ccc(Cl)cc1. The summed E-state index contributed by atoms with van der Waals surface area (Å²) < 4.78 is 2.92. The number of benzene rings is 2. The van der Waals surface area contributed by atoms with Crippen molar-refractivity contribution in [2.45, 2.75) is 37.0 Å².